The number of hydrogen-bond donors (Lipinski definition) is 0. The molecule has 3 aromatic carbocycles. The maximum Gasteiger partial charge on any atom is 0.0629 e. The van der Waals surface area contributed by atoms with Crippen LogP contribution in [0.3, 0.4) is 0 Å². The number of hydrogen-bond acceptors (Lipinski definition) is 0. The van der Waals surface area contributed by atoms with E-state index in [9.17, 15) is 0 Å². The Labute approximate surface area is 343 Å². The summed E-state index contributed by atoms with van der Waals surface area (Å²) in [7, 11) is 0. The Kier molecular flexibility index (Phi) is 28.9. The largest absolute Gasteiger partial charge is 0.0654 e. The number of aryl methyl sites for hydroxylation is 2. The summed E-state index contributed by atoms with van der Waals surface area (Å²) in [5.41, 5.74) is 6.92. The molecule has 0 saturated carbocycles. The van der Waals surface area contributed by atoms with Gasteiger partial charge in [-0.15, -0.1) is 0 Å². The zero-order chi connectivity index (χ0) is 38.7. The van der Waals surface area contributed by atoms with Gasteiger partial charge in [-0.05, 0) is 53.5 Å². The van der Waals surface area contributed by atoms with Gasteiger partial charge in [0.1, 0.15) is 0 Å². The van der Waals surface area contributed by atoms with E-state index in [1.807, 2.05) is 0 Å². The van der Waals surface area contributed by atoms with Crippen molar-refractivity contribution in [3.05, 3.63) is 113 Å². The second kappa shape index (κ2) is 33.8. The van der Waals surface area contributed by atoms with Crippen LogP contribution < -0.4 is 0 Å². The van der Waals surface area contributed by atoms with E-state index >= 15 is 0 Å². The molecule has 3 aromatic rings. The van der Waals surface area contributed by atoms with E-state index in [4.69, 9.17) is 0 Å². The summed E-state index contributed by atoms with van der Waals surface area (Å²) >= 11 is 0. The quantitative estimate of drug-likeness (QED) is 0.0407. The van der Waals surface area contributed by atoms with E-state index in [0.29, 0.717) is 0 Å². The normalized spacial score (nSPS) is 11.5. The lowest BCUT2D eigenvalue weighted by Gasteiger charge is -2.19. The maximum absolute atomic E-state index is 2.38. The lowest BCUT2D eigenvalue weighted by atomic mass is 9.84. The van der Waals surface area contributed by atoms with Crippen molar-refractivity contribution in [2.75, 3.05) is 0 Å². The highest BCUT2D eigenvalue weighted by molar-refractivity contribution is 5.57. The summed E-state index contributed by atoms with van der Waals surface area (Å²) in [6.45, 7) is 4.61. The van der Waals surface area contributed by atoms with Gasteiger partial charge >= 0.3 is 0 Å². The highest BCUT2D eigenvalue weighted by Crippen LogP contribution is 2.32. The van der Waals surface area contributed by atoms with Gasteiger partial charge in [0.15, 0.2) is 0 Å². The van der Waals surface area contributed by atoms with Crippen LogP contribution in [0.15, 0.2) is 78.9 Å². The van der Waals surface area contributed by atoms with E-state index in [2.05, 4.69) is 92.7 Å². The molecule has 0 atom stereocenters. The van der Waals surface area contributed by atoms with Gasteiger partial charge in [-0.25, -0.2) is 0 Å². The van der Waals surface area contributed by atoms with Crippen molar-refractivity contribution < 1.29 is 0 Å². The fraction of sp³-hybridized carbons (Fsp3) is 0.655. The molecule has 0 aliphatic carbocycles. The van der Waals surface area contributed by atoms with Crippen LogP contribution in [0.2, 0.25) is 0 Å². The van der Waals surface area contributed by atoms with E-state index in [0.717, 1.165) is 0 Å². The predicted octanol–water partition coefficient (Wildman–Crippen LogP) is 18.3. The van der Waals surface area contributed by atoms with Crippen LogP contribution in [-0.2, 0) is 12.8 Å². The van der Waals surface area contributed by atoms with E-state index in [1.54, 1.807) is 0 Å². The SMILES string of the molecule is CCCCCCCCCCCCCCCCCCc1ccc([C](c2ccccc2)c2ccc(CCCCCCCCCCCCCCCCCC)cc2)cc1. The average Bonchev–Trinajstić information content (AvgIpc) is 3.22. The molecular formula is C55H87. The average molecular weight is 748 g/mol. The van der Waals surface area contributed by atoms with E-state index in [1.165, 1.54) is 252 Å². The van der Waals surface area contributed by atoms with E-state index < -0.39 is 0 Å². The number of rotatable bonds is 37. The standard InChI is InChI=1S/C55H87/c1-3-5-7-9-11-13-15-17-19-21-23-25-27-29-31-34-38-50-42-46-53(47-43-50)55(52-40-36-33-37-41-52)54-48-44-51(45-49-54)39-35-32-30-28-26-24-22-20-18-16-14-12-10-8-6-4-2/h33,36-37,40-49H,3-32,34-35,38-39H2,1-2H3. The van der Waals surface area contributed by atoms with Gasteiger partial charge in [-0.2, -0.15) is 0 Å². The molecule has 0 bridgehead atoms. The first kappa shape index (κ1) is 47.0. The summed E-state index contributed by atoms with van der Waals surface area (Å²) in [4.78, 5) is 0. The summed E-state index contributed by atoms with van der Waals surface area (Å²) in [5, 5.41) is 0. The van der Waals surface area contributed by atoms with Crippen LogP contribution in [0.1, 0.15) is 247 Å². The van der Waals surface area contributed by atoms with Gasteiger partial charge in [0.25, 0.3) is 0 Å². The minimum atomic E-state index is 1.20. The van der Waals surface area contributed by atoms with Crippen molar-refractivity contribution in [1.29, 1.82) is 0 Å². The molecule has 0 aromatic heterocycles. The molecule has 0 nitrogen and oxygen atoms in total. The molecule has 55 heavy (non-hydrogen) atoms. The number of benzene rings is 3. The second-order valence-corrected chi connectivity index (χ2v) is 17.2. The molecule has 1 radical (unpaired) electrons. The third-order valence-corrected chi connectivity index (χ3v) is 12.2. The zero-order valence-electron chi connectivity index (χ0n) is 36.5. The van der Waals surface area contributed by atoms with Crippen molar-refractivity contribution in [3.8, 4) is 0 Å². The molecule has 0 spiro atoms. The smallest absolute Gasteiger partial charge is 0.0629 e. The maximum atomic E-state index is 2.38. The monoisotopic (exact) mass is 748 g/mol. The van der Waals surface area contributed by atoms with Gasteiger partial charge < -0.3 is 0 Å². The summed E-state index contributed by atoms with van der Waals surface area (Å²) < 4.78 is 0. The zero-order valence-corrected chi connectivity index (χ0v) is 36.5. The van der Waals surface area contributed by atoms with Crippen molar-refractivity contribution in [2.24, 2.45) is 0 Å². The molecule has 0 unspecified atom stereocenters. The fourth-order valence-corrected chi connectivity index (χ4v) is 8.54. The van der Waals surface area contributed by atoms with Crippen LogP contribution in [0.5, 0.6) is 0 Å². The lowest BCUT2D eigenvalue weighted by Crippen LogP contribution is -2.05. The van der Waals surface area contributed by atoms with Gasteiger partial charge in [0.05, 0.1) is 5.92 Å². The molecule has 0 N–H and O–H groups in total. The predicted molar refractivity (Wildman–Crippen MR) is 246 cm³/mol. The first-order chi connectivity index (χ1) is 27.3. The molecule has 0 aliphatic rings. The minimum absolute atomic E-state index is 1.20. The lowest BCUT2D eigenvalue weighted by molar-refractivity contribution is 0.529. The Morgan fingerprint density at radius 1 is 0.255 bits per heavy atom. The third kappa shape index (κ3) is 23.5. The number of unbranched alkanes of at least 4 members (excludes halogenated alkanes) is 30. The van der Waals surface area contributed by atoms with Crippen molar-refractivity contribution in [2.45, 2.75) is 232 Å². The third-order valence-electron chi connectivity index (χ3n) is 12.2. The molecule has 0 saturated heterocycles. The Balaban J connectivity index is 1.26. The molecule has 0 heteroatoms. The van der Waals surface area contributed by atoms with Crippen LogP contribution in [0, 0.1) is 5.92 Å². The molecule has 0 fully saturated rings. The second-order valence-electron chi connectivity index (χ2n) is 17.2. The first-order valence-corrected chi connectivity index (χ1v) is 24.4. The topological polar surface area (TPSA) is 0 Å². The van der Waals surface area contributed by atoms with Crippen molar-refractivity contribution in [3.63, 3.8) is 0 Å². The molecule has 0 heterocycles. The Morgan fingerprint density at radius 2 is 0.491 bits per heavy atom. The van der Waals surface area contributed by atoms with Gasteiger partial charge in [-0.3, -0.25) is 0 Å². The highest BCUT2D eigenvalue weighted by Gasteiger charge is 2.17. The van der Waals surface area contributed by atoms with Crippen LogP contribution in [0.25, 0.3) is 0 Å². The highest BCUT2D eigenvalue weighted by atomic mass is 14.2. The fourth-order valence-electron chi connectivity index (χ4n) is 8.54. The Hall–Kier alpha value is -2.34. The van der Waals surface area contributed by atoms with Crippen molar-refractivity contribution in [1.82, 2.24) is 0 Å². The molecule has 307 valence electrons. The molecule has 0 aliphatic heterocycles. The van der Waals surface area contributed by atoms with Crippen LogP contribution >= 0.6 is 0 Å². The van der Waals surface area contributed by atoms with E-state index in [-0.39, 0.29) is 0 Å². The van der Waals surface area contributed by atoms with Gasteiger partial charge in [0.2, 0.25) is 0 Å². The minimum Gasteiger partial charge on any atom is -0.0654 e. The molecular weight excluding hydrogens is 661 g/mol. The van der Waals surface area contributed by atoms with Crippen molar-refractivity contribution >= 4 is 0 Å². The Morgan fingerprint density at radius 3 is 0.764 bits per heavy atom. The summed E-state index contributed by atoms with van der Waals surface area (Å²) in [6, 6.07) is 30.0. The Bertz CT molecular complexity index is 1140. The van der Waals surface area contributed by atoms with Gasteiger partial charge in [0, 0.05) is 0 Å². The summed E-state index contributed by atoms with van der Waals surface area (Å²) in [6.07, 6.45) is 48.1. The molecule has 0 amide bonds. The summed E-state index contributed by atoms with van der Waals surface area (Å²) in [5.74, 6) is 1.35. The van der Waals surface area contributed by atoms with Crippen LogP contribution in [0.4, 0.5) is 0 Å². The van der Waals surface area contributed by atoms with Crippen LogP contribution in [-0.4, -0.2) is 0 Å². The molecule has 3 rings (SSSR count). The van der Waals surface area contributed by atoms with Gasteiger partial charge in [-0.1, -0.05) is 285 Å². The first-order valence-electron chi connectivity index (χ1n) is 24.4.